The molecule has 116 valence electrons. The smallest absolute Gasteiger partial charge is 0.0931 e. The molecule has 0 bridgehead atoms. The number of thiophene rings is 1. The topological polar surface area (TPSA) is 33.1 Å². The minimum Gasteiger partial charge on any atom is -0.308 e. The van der Waals surface area contributed by atoms with Crippen LogP contribution in [0.1, 0.15) is 23.5 Å². The van der Waals surface area contributed by atoms with Crippen molar-refractivity contribution in [2.75, 3.05) is 27.2 Å². The molecule has 1 N–H and O–H groups in total. The second-order valence-electron chi connectivity index (χ2n) is 5.04. The third kappa shape index (κ3) is 4.29. The van der Waals surface area contributed by atoms with Crippen molar-refractivity contribution in [2.45, 2.75) is 19.5 Å². The third-order valence-electron chi connectivity index (χ3n) is 3.15. The highest BCUT2D eigenvalue weighted by Crippen LogP contribution is 2.34. The summed E-state index contributed by atoms with van der Waals surface area (Å²) in [6, 6.07) is 4.13. The van der Waals surface area contributed by atoms with Crippen molar-refractivity contribution >= 4 is 38.9 Å². The summed E-state index contributed by atoms with van der Waals surface area (Å²) in [5.41, 5.74) is 1.15. The van der Waals surface area contributed by atoms with Gasteiger partial charge in [-0.2, -0.15) is 5.10 Å². The van der Waals surface area contributed by atoms with Crippen LogP contribution in [0.2, 0.25) is 4.34 Å². The molecule has 0 fully saturated rings. The van der Waals surface area contributed by atoms with E-state index in [4.69, 9.17) is 11.6 Å². The van der Waals surface area contributed by atoms with Gasteiger partial charge in [-0.25, -0.2) is 0 Å². The van der Waals surface area contributed by atoms with E-state index in [9.17, 15) is 0 Å². The second-order valence-corrected chi connectivity index (χ2v) is 7.64. The molecule has 0 spiro atoms. The Morgan fingerprint density at radius 3 is 2.81 bits per heavy atom. The van der Waals surface area contributed by atoms with Gasteiger partial charge in [0.1, 0.15) is 0 Å². The average molecular weight is 392 g/mol. The normalized spacial score (nSPS) is 13.0. The quantitative estimate of drug-likeness (QED) is 0.782. The van der Waals surface area contributed by atoms with Gasteiger partial charge in [0.25, 0.3) is 0 Å². The Morgan fingerprint density at radius 2 is 2.24 bits per heavy atom. The Balaban J connectivity index is 2.33. The molecule has 0 radical (unpaired) electrons. The maximum Gasteiger partial charge on any atom is 0.0931 e. The number of aromatic nitrogens is 2. The van der Waals surface area contributed by atoms with E-state index < -0.39 is 0 Å². The van der Waals surface area contributed by atoms with Gasteiger partial charge in [0.05, 0.1) is 33.3 Å². The van der Waals surface area contributed by atoms with Crippen LogP contribution in [0, 0.1) is 0 Å². The highest BCUT2D eigenvalue weighted by Gasteiger charge is 2.22. The number of nitrogens with one attached hydrogen (secondary N) is 1. The third-order valence-corrected chi connectivity index (χ3v) is 5.06. The summed E-state index contributed by atoms with van der Waals surface area (Å²) in [6.07, 6.45) is 1.87. The number of likely N-dealkylation sites (N-methyl/N-ethyl adjacent to an activating group) is 1. The van der Waals surface area contributed by atoms with Crippen LogP contribution in [-0.4, -0.2) is 41.9 Å². The first-order valence-corrected chi connectivity index (χ1v) is 8.86. The minimum atomic E-state index is 0.103. The lowest BCUT2D eigenvalue weighted by atomic mass is 10.1. The van der Waals surface area contributed by atoms with Crippen LogP contribution >= 0.6 is 38.9 Å². The summed E-state index contributed by atoms with van der Waals surface area (Å²) in [4.78, 5) is 3.36. The van der Waals surface area contributed by atoms with Gasteiger partial charge in [-0.05, 0) is 48.7 Å². The van der Waals surface area contributed by atoms with Crippen LogP contribution < -0.4 is 5.32 Å². The molecular formula is C14H20BrClN4S. The molecule has 1 unspecified atom stereocenters. The molecule has 1 atom stereocenters. The summed E-state index contributed by atoms with van der Waals surface area (Å²) in [5, 5.41) is 8.03. The maximum absolute atomic E-state index is 6.10. The van der Waals surface area contributed by atoms with Gasteiger partial charge in [0.2, 0.25) is 0 Å². The van der Waals surface area contributed by atoms with Crippen molar-refractivity contribution in [3.63, 3.8) is 0 Å². The molecule has 0 saturated carbocycles. The summed E-state index contributed by atoms with van der Waals surface area (Å²) < 4.78 is 3.89. The van der Waals surface area contributed by atoms with Crippen molar-refractivity contribution in [3.8, 4) is 0 Å². The van der Waals surface area contributed by atoms with E-state index in [1.807, 2.05) is 12.3 Å². The monoisotopic (exact) mass is 390 g/mol. The zero-order valence-electron chi connectivity index (χ0n) is 12.4. The Morgan fingerprint density at radius 1 is 1.48 bits per heavy atom. The van der Waals surface area contributed by atoms with Crippen LogP contribution in [-0.2, 0) is 6.54 Å². The van der Waals surface area contributed by atoms with Gasteiger partial charge in [0, 0.05) is 11.4 Å². The fourth-order valence-corrected chi connectivity index (χ4v) is 3.82. The number of nitrogens with zero attached hydrogens (tertiary/aromatic N) is 3. The molecule has 0 aliphatic rings. The molecule has 0 amide bonds. The van der Waals surface area contributed by atoms with E-state index >= 15 is 0 Å². The van der Waals surface area contributed by atoms with E-state index in [1.165, 1.54) is 4.88 Å². The molecule has 4 nitrogen and oxygen atoms in total. The summed E-state index contributed by atoms with van der Waals surface area (Å²) in [6.45, 7) is 4.79. The molecule has 0 aliphatic heterocycles. The number of hydrogen-bond acceptors (Lipinski definition) is 4. The lowest BCUT2D eigenvalue weighted by Gasteiger charge is -2.20. The molecule has 2 aromatic rings. The number of halogens is 2. The van der Waals surface area contributed by atoms with Crippen molar-refractivity contribution in [2.24, 2.45) is 0 Å². The van der Waals surface area contributed by atoms with Crippen LogP contribution in [0.5, 0.6) is 0 Å². The Labute approximate surface area is 143 Å². The van der Waals surface area contributed by atoms with E-state index in [2.05, 4.69) is 63.0 Å². The molecule has 0 saturated heterocycles. The standard InChI is InChI=1S/C14H20BrClN4S/c1-4-17-13(11-5-6-12(16)21-11)14-10(15)9-18-20(14)8-7-19(2)3/h5-6,9,13,17H,4,7-8H2,1-3H3. The zero-order valence-corrected chi connectivity index (χ0v) is 15.6. The fraction of sp³-hybridized carbons (Fsp3) is 0.500. The predicted octanol–water partition coefficient (Wildman–Crippen LogP) is 3.62. The van der Waals surface area contributed by atoms with Crippen molar-refractivity contribution in [3.05, 3.63) is 37.7 Å². The lowest BCUT2D eigenvalue weighted by Crippen LogP contribution is -2.27. The molecule has 2 rings (SSSR count). The van der Waals surface area contributed by atoms with Gasteiger partial charge in [-0.15, -0.1) is 11.3 Å². The Kier molecular flexibility index (Phi) is 6.25. The van der Waals surface area contributed by atoms with Crippen LogP contribution in [0.15, 0.2) is 22.8 Å². The molecular weight excluding hydrogens is 372 g/mol. The Bertz CT molecular complexity index is 581. The van der Waals surface area contributed by atoms with Crippen LogP contribution in [0.3, 0.4) is 0 Å². The first-order chi connectivity index (χ1) is 10.0. The molecule has 21 heavy (non-hydrogen) atoms. The summed E-state index contributed by atoms with van der Waals surface area (Å²) >= 11 is 11.3. The summed E-state index contributed by atoms with van der Waals surface area (Å²) in [5.74, 6) is 0. The fourth-order valence-electron chi connectivity index (χ4n) is 2.15. The average Bonchev–Trinajstić information content (AvgIpc) is 3.00. The van der Waals surface area contributed by atoms with Crippen molar-refractivity contribution < 1.29 is 0 Å². The van der Waals surface area contributed by atoms with Gasteiger partial charge in [0.15, 0.2) is 0 Å². The molecule has 2 heterocycles. The minimum absolute atomic E-state index is 0.103. The summed E-state index contributed by atoms with van der Waals surface area (Å²) in [7, 11) is 4.14. The highest BCUT2D eigenvalue weighted by atomic mass is 79.9. The van der Waals surface area contributed by atoms with E-state index in [0.717, 1.165) is 34.1 Å². The van der Waals surface area contributed by atoms with Gasteiger partial charge in [-0.3, -0.25) is 4.68 Å². The van der Waals surface area contributed by atoms with Gasteiger partial charge in [-0.1, -0.05) is 18.5 Å². The molecule has 2 aromatic heterocycles. The predicted molar refractivity (Wildman–Crippen MR) is 93.3 cm³/mol. The Hall–Kier alpha value is -0.400. The number of rotatable bonds is 7. The van der Waals surface area contributed by atoms with E-state index in [0.29, 0.717) is 0 Å². The lowest BCUT2D eigenvalue weighted by molar-refractivity contribution is 0.365. The molecule has 7 heteroatoms. The largest absolute Gasteiger partial charge is 0.308 e. The van der Waals surface area contributed by atoms with E-state index in [-0.39, 0.29) is 6.04 Å². The van der Waals surface area contributed by atoms with Gasteiger partial charge < -0.3 is 10.2 Å². The van der Waals surface area contributed by atoms with E-state index in [1.54, 1.807) is 11.3 Å². The highest BCUT2D eigenvalue weighted by molar-refractivity contribution is 9.10. The van der Waals surface area contributed by atoms with Crippen LogP contribution in [0.4, 0.5) is 0 Å². The molecule has 0 aliphatic carbocycles. The maximum atomic E-state index is 6.10. The SMILES string of the molecule is CCNC(c1ccc(Cl)s1)c1c(Br)cnn1CCN(C)C. The van der Waals surface area contributed by atoms with Crippen molar-refractivity contribution in [1.82, 2.24) is 20.0 Å². The molecule has 0 aromatic carbocycles. The van der Waals surface area contributed by atoms with Crippen LogP contribution in [0.25, 0.3) is 0 Å². The second kappa shape index (κ2) is 7.74. The van der Waals surface area contributed by atoms with Gasteiger partial charge >= 0.3 is 0 Å². The first-order valence-electron chi connectivity index (χ1n) is 6.87. The number of hydrogen-bond donors (Lipinski definition) is 1. The van der Waals surface area contributed by atoms with Crippen molar-refractivity contribution in [1.29, 1.82) is 0 Å². The zero-order chi connectivity index (χ0) is 15.4. The first kappa shape index (κ1) is 17.0.